The van der Waals surface area contributed by atoms with Crippen LogP contribution >= 0.6 is 11.3 Å². The van der Waals surface area contributed by atoms with Crippen molar-refractivity contribution in [3.63, 3.8) is 0 Å². The van der Waals surface area contributed by atoms with Crippen LogP contribution in [-0.4, -0.2) is 28.5 Å². The van der Waals surface area contributed by atoms with Gasteiger partial charge in [-0.25, -0.2) is 9.78 Å². The summed E-state index contributed by atoms with van der Waals surface area (Å²) in [6.07, 6.45) is 3.01. The quantitative estimate of drug-likeness (QED) is 0.870. The van der Waals surface area contributed by atoms with E-state index in [0.29, 0.717) is 16.3 Å². The topological polar surface area (TPSA) is 73.2 Å². The molecule has 2 heterocycles. The van der Waals surface area contributed by atoms with Gasteiger partial charge in [0, 0.05) is 7.05 Å². The summed E-state index contributed by atoms with van der Waals surface area (Å²) >= 11 is 1.24. The molecule has 0 spiro atoms. The summed E-state index contributed by atoms with van der Waals surface area (Å²) in [7, 11) is 3.04. The first-order valence-corrected chi connectivity index (χ1v) is 6.36. The number of nitrogens with one attached hydrogen (secondary N) is 1. The SMILES string of the molecule is COC(=O)c1scc(C)c1NC(=O)c1cncn1C. The third-order valence-electron chi connectivity index (χ3n) is 2.63. The van der Waals surface area contributed by atoms with Gasteiger partial charge in [-0.1, -0.05) is 0 Å². The second-order valence-corrected chi connectivity index (χ2v) is 4.84. The van der Waals surface area contributed by atoms with Crippen LogP contribution in [0.1, 0.15) is 25.7 Å². The van der Waals surface area contributed by atoms with E-state index in [2.05, 4.69) is 15.0 Å². The first-order chi connectivity index (χ1) is 9.04. The number of anilines is 1. The lowest BCUT2D eigenvalue weighted by molar-refractivity contribution is 0.0607. The van der Waals surface area contributed by atoms with Crippen LogP contribution in [0, 0.1) is 6.92 Å². The number of ether oxygens (including phenoxy) is 1. The number of imidazole rings is 1. The zero-order valence-electron chi connectivity index (χ0n) is 10.8. The molecule has 2 aromatic rings. The number of hydrogen-bond donors (Lipinski definition) is 1. The van der Waals surface area contributed by atoms with Gasteiger partial charge in [0.1, 0.15) is 10.6 Å². The highest BCUT2D eigenvalue weighted by molar-refractivity contribution is 7.12. The number of aromatic nitrogens is 2. The van der Waals surface area contributed by atoms with E-state index in [4.69, 9.17) is 0 Å². The van der Waals surface area contributed by atoms with Gasteiger partial charge < -0.3 is 14.6 Å². The number of aryl methyl sites for hydroxylation is 2. The molecule has 0 radical (unpaired) electrons. The lowest BCUT2D eigenvalue weighted by Gasteiger charge is -2.07. The van der Waals surface area contributed by atoms with Crippen molar-refractivity contribution in [3.05, 3.63) is 34.0 Å². The molecule has 0 bridgehead atoms. The summed E-state index contributed by atoms with van der Waals surface area (Å²) < 4.78 is 6.29. The molecule has 0 saturated carbocycles. The molecule has 0 fully saturated rings. The Labute approximate surface area is 114 Å². The van der Waals surface area contributed by atoms with Gasteiger partial charge in [-0.15, -0.1) is 11.3 Å². The smallest absolute Gasteiger partial charge is 0.350 e. The Morgan fingerprint density at radius 3 is 2.79 bits per heavy atom. The van der Waals surface area contributed by atoms with Crippen molar-refractivity contribution >= 4 is 28.9 Å². The maximum absolute atomic E-state index is 12.1. The molecule has 6 nitrogen and oxygen atoms in total. The van der Waals surface area contributed by atoms with Crippen molar-refractivity contribution in [3.8, 4) is 0 Å². The van der Waals surface area contributed by atoms with Gasteiger partial charge >= 0.3 is 5.97 Å². The lowest BCUT2D eigenvalue weighted by Crippen LogP contribution is -2.17. The zero-order chi connectivity index (χ0) is 14.0. The summed E-state index contributed by atoms with van der Waals surface area (Å²) in [6, 6.07) is 0. The fourth-order valence-corrected chi connectivity index (χ4v) is 2.52. The zero-order valence-corrected chi connectivity index (χ0v) is 11.6. The molecule has 0 aliphatic heterocycles. The Morgan fingerprint density at radius 1 is 1.47 bits per heavy atom. The van der Waals surface area contributed by atoms with E-state index in [9.17, 15) is 9.59 Å². The van der Waals surface area contributed by atoms with Crippen LogP contribution in [0.15, 0.2) is 17.9 Å². The maximum atomic E-state index is 12.1. The van der Waals surface area contributed by atoms with Crippen molar-refractivity contribution in [2.45, 2.75) is 6.92 Å². The second-order valence-electron chi connectivity index (χ2n) is 3.96. The Kier molecular flexibility index (Phi) is 3.66. The average Bonchev–Trinajstić information content (AvgIpc) is 2.96. The molecular weight excluding hydrogens is 266 g/mol. The molecule has 0 aliphatic carbocycles. The lowest BCUT2D eigenvalue weighted by atomic mass is 10.2. The van der Waals surface area contributed by atoms with Crippen LogP contribution in [0.25, 0.3) is 0 Å². The maximum Gasteiger partial charge on any atom is 0.350 e. The highest BCUT2D eigenvalue weighted by Crippen LogP contribution is 2.28. The summed E-state index contributed by atoms with van der Waals surface area (Å²) in [4.78, 5) is 28.0. The molecule has 0 aromatic carbocycles. The van der Waals surface area contributed by atoms with Crippen molar-refractivity contribution in [2.24, 2.45) is 7.05 Å². The number of methoxy groups -OCH3 is 1. The van der Waals surface area contributed by atoms with E-state index in [1.807, 2.05) is 6.92 Å². The van der Waals surface area contributed by atoms with Crippen molar-refractivity contribution < 1.29 is 14.3 Å². The summed E-state index contributed by atoms with van der Waals surface area (Å²) in [5.41, 5.74) is 1.73. The predicted molar refractivity (Wildman–Crippen MR) is 71.6 cm³/mol. The number of nitrogens with zero attached hydrogens (tertiary/aromatic N) is 2. The van der Waals surface area contributed by atoms with Gasteiger partial charge in [0.15, 0.2) is 0 Å². The molecular formula is C12H13N3O3S. The van der Waals surface area contributed by atoms with Gasteiger partial charge in [0.25, 0.3) is 5.91 Å². The third-order valence-corrected chi connectivity index (χ3v) is 3.71. The number of rotatable bonds is 3. The molecule has 0 saturated heterocycles. The fraction of sp³-hybridized carbons (Fsp3) is 0.250. The van der Waals surface area contributed by atoms with E-state index in [1.165, 1.54) is 31.0 Å². The van der Waals surface area contributed by atoms with E-state index in [0.717, 1.165) is 5.56 Å². The summed E-state index contributed by atoms with van der Waals surface area (Å²) in [5, 5.41) is 4.52. The van der Waals surface area contributed by atoms with Gasteiger partial charge in [-0.3, -0.25) is 4.79 Å². The number of thiophene rings is 1. The molecule has 0 aliphatic rings. The predicted octanol–water partition coefficient (Wildman–Crippen LogP) is 1.83. The minimum Gasteiger partial charge on any atom is -0.465 e. The second kappa shape index (κ2) is 5.23. The van der Waals surface area contributed by atoms with E-state index < -0.39 is 5.97 Å². The van der Waals surface area contributed by atoms with Crippen LogP contribution in [0.2, 0.25) is 0 Å². The number of carbonyl (C=O) groups excluding carboxylic acids is 2. The highest BCUT2D eigenvalue weighted by Gasteiger charge is 2.20. The monoisotopic (exact) mass is 279 g/mol. The largest absolute Gasteiger partial charge is 0.465 e. The highest BCUT2D eigenvalue weighted by atomic mass is 32.1. The van der Waals surface area contributed by atoms with Crippen LogP contribution < -0.4 is 5.32 Å². The van der Waals surface area contributed by atoms with Crippen molar-refractivity contribution in [1.29, 1.82) is 0 Å². The number of hydrogen-bond acceptors (Lipinski definition) is 5. The van der Waals surface area contributed by atoms with Crippen molar-refractivity contribution in [1.82, 2.24) is 9.55 Å². The standard InChI is InChI=1S/C12H13N3O3S/c1-7-5-19-10(12(17)18-3)9(7)14-11(16)8-4-13-6-15(8)2/h4-6H,1-3H3,(H,14,16). The Bertz CT molecular complexity index is 630. The molecule has 1 amide bonds. The van der Waals surface area contributed by atoms with Gasteiger partial charge in [-0.2, -0.15) is 0 Å². The Balaban J connectivity index is 2.29. The molecule has 0 atom stereocenters. The minimum absolute atomic E-state index is 0.313. The number of amides is 1. The number of carbonyl (C=O) groups is 2. The normalized spacial score (nSPS) is 10.3. The molecule has 1 N–H and O–H groups in total. The van der Waals surface area contributed by atoms with Crippen LogP contribution in [-0.2, 0) is 11.8 Å². The van der Waals surface area contributed by atoms with Crippen LogP contribution in [0.3, 0.4) is 0 Å². The molecule has 100 valence electrons. The summed E-state index contributed by atoms with van der Waals surface area (Å²) in [5.74, 6) is -0.773. The molecule has 2 rings (SSSR count). The van der Waals surface area contributed by atoms with Crippen LogP contribution in [0.5, 0.6) is 0 Å². The first kappa shape index (κ1) is 13.3. The molecule has 2 aromatic heterocycles. The Morgan fingerprint density at radius 2 is 2.21 bits per heavy atom. The van der Waals surface area contributed by atoms with Gasteiger partial charge in [-0.05, 0) is 17.9 Å². The fourth-order valence-electron chi connectivity index (χ4n) is 1.60. The van der Waals surface area contributed by atoms with E-state index in [-0.39, 0.29) is 5.91 Å². The third kappa shape index (κ3) is 2.50. The van der Waals surface area contributed by atoms with E-state index >= 15 is 0 Å². The van der Waals surface area contributed by atoms with Gasteiger partial charge in [0.2, 0.25) is 0 Å². The van der Waals surface area contributed by atoms with Gasteiger partial charge in [0.05, 0.1) is 25.3 Å². The molecule has 0 unspecified atom stereocenters. The first-order valence-electron chi connectivity index (χ1n) is 5.48. The van der Waals surface area contributed by atoms with Crippen molar-refractivity contribution in [2.75, 3.05) is 12.4 Å². The molecule has 7 heteroatoms. The number of esters is 1. The Hall–Kier alpha value is -2.15. The molecule has 19 heavy (non-hydrogen) atoms. The summed E-state index contributed by atoms with van der Waals surface area (Å²) in [6.45, 7) is 1.82. The van der Waals surface area contributed by atoms with E-state index in [1.54, 1.807) is 17.0 Å². The average molecular weight is 279 g/mol. The van der Waals surface area contributed by atoms with Crippen LogP contribution in [0.4, 0.5) is 5.69 Å². The minimum atomic E-state index is -0.460.